The fourth-order valence-corrected chi connectivity index (χ4v) is 7.17. The van der Waals surface area contributed by atoms with Crippen molar-refractivity contribution in [3.8, 4) is 33.8 Å². The maximum atomic E-state index is 5.36. The van der Waals surface area contributed by atoms with Crippen molar-refractivity contribution in [1.82, 2.24) is 19.4 Å². The van der Waals surface area contributed by atoms with E-state index in [0.29, 0.717) is 0 Å². The predicted octanol–water partition coefficient (Wildman–Crippen LogP) is 10.9. The largest absolute Gasteiger partial charge is 0.299 e. The third-order valence-corrected chi connectivity index (χ3v) is 9.38. The molecular formula is C43H26N4. The molecule has 0 unspecified atom stereocenters. The Bertz CT molecular complexity index is 2750. The SMILES string of the molecule is c1ccc2nc(-c3nc4ccccn4c3-c3ccc(-c4c5ccc6ccccc6c5nc5c4ccc4ccccc45)cc3)ccc2c1. The van der Waals surface area contributed by atoms with E-state index >= 15 is 0 Å². The minimum absolute atomic E-state index is 0.858. The van der Waals surface area contributed by atoms with Crippen LogP contribution in [0.4, 0.5) is 0 Å². The van der Waals surface area contributed by atoms with Gasteiger partial charge in [-0.3, -0.25) is 4.40 Å². The highest BCUT2D eigenvalue weighted by Gasteiger charge is 2.19. The second-order valence-corrected chi connectivity index (χ2v) is 12.1. The van der Waals surface area contributed by atoms with Crippen LogP contribution in [0.1, 0.15) is 0 Å². The highest BCUT2D eigenvalue weighted by atomic mass is 15.0. The van der Waals surface area contributed by atoms with E-state index in [4.69, 9.17) is 15.0 Å². The summed E-state index contributed by atoms with van der Waals surface area (Å²) in [6.45, 7) is 0. The molecule has 6 aromatic carbocycles. The molecule has 4 heteroatoms. The van der Waals surface area contributed by atoms with Crippen LogP contribution in [0, 0.1) is 0 Å². The Morgan fingerprint density at radius 3 is 1.72 bits per heavy atom. The van der Waals surface area contributed by atoms with E-state index in [2.05, 4.69) is 132 Å². The molecule has 4 nitrogen and oxygen atoms in total. The van der Waals surface area contributed by atoms with Crippen LogP contribution in [-0.2, 0) is 0 Å². The summed E-state index contributed by atoms with van der Waals surface area (Å²) in [6, 6.07) is 53.4. The van der Waals surface area contributed by atoms with Crippen molar-refractivity contribution in [1.29, 1.82) is 0 Å². The number of hydrogen-bond donors (Lipinski definition) is 0. The Hall–Kier alpha value is -6.39. The van der Waals surface area contributed by atoms with Gasteiger partial charge in [-0.2, -0.15) is 0 Å². The van der Waals surface area contributed by atoms with E-state index < -0.39 is 0 Å². The first-order chi connectivity index (χ1) is 23.3. The second-order valence-electron chi connectivity index (χ2n) is 12.1. The molecule has 0 aliphatic carbocycles. The van der Waals surface area contributed by atoms with Crippen LogP contribution >= 0.6 is 0 Å². The third-order valence-electron chi connectivity index (χ3n) is 9.38. The summed E-state index contributed by atoms with van der Waals surface area (Å²) in [5.74, 6) is 0. The molecule has 4 aromatic heterocycles. The summed E-state index contributed by atoms with van der Waals surface area (Å²) in [5, 5.41) is 8.12. The zero-order valence-corrected chi connectivity index (χ0v) is 25.3. The standard InChI is InChI=1S/C43H26N4/c1-4-12-32-27(9-1)20-23-34-39(35-24-21-28-10-2-5-13-33(28)41(35)46-40(32)34)30-16-18-31(19-17-30)43-42(45-38-15-7-8-26-47(38)43)37-25-22-29-11-3-6-14-36(29)44-37/h1-26H. The minimum atomic E-state index is 0.858. The summed E-state index contributed by atoms with van der Waals surface area (Å²) in [6.07, 6.45) is 2.08. The number of nitrogens with zero attached hydrogens (tertiary/aromatic N) is 4. The molecule has 47 heavy (non-hydrogen) atoms. The van der Waals surface area contributed by atoms with Gasteiger partial charge in [-0.05, 0) is 40.6 Å². The van der Waals surface area contributed by atoms with E-state index in [1.165, 1.54) is 16.3 Å². The van der Waals surface area contributed by atoms with Crippen LogP contribution in [0.3, 0.4) is 0 Å². The van der Waals surface area contributed by atoms with Crippen molar-refractivity contribution < 1.29 is 0 Å². The monoisotopic (exact) mass is 598 g/mol. The zero-order chi connectivity index (χ0) is 30.9. The van der Waals surface area contributed by atoms with Gasteiger partial charge in [-0.15, -0.1) is 0 Å². The van der Waals surface area contributed by atoms with Crippen molar-refractivity contribution in [2.75, 3.05) is 0 Å². The first-order valence-electron chi connectivity index (χ1n) is 15.9. The maximum Gasteiger partial charge on any atom is 0.138 e. The van der Waals surface area contributed by atoms with Gasteiger partial charge in [0.15, 0.2) is 0 Å². The Morgan fingerprint density at radius 2 is 1.00 bits per heavy atom. The quantitative estimate of drug-likeness (QED) is 0.150. The summed E-state index contributed by atoms with van der Waals surface area (Å²) < 4.78 is 2.16. The summed E-state index contributed by atoms with van der Waals surface area (Å²) >= 11 is 0. The van der Waals surface area contributed by atoms with Crippen LogP contribution in [0.2, 0.25) is 0 Å². The smallest absolute Gasteiger partial charge is 0.138 e. The first-order valence-corrected chi connectivity index (χ1v) is 15.9. The van der Waals surface area contributed by atoms with E-state index in [-0.39, 0.29) is 0 Å². The highest BCUT2D eigenvalue weighted by Crippen LogP contribution is 2.41. The van der Waals surface area contributed by atoms with Crippen LogP contribution in [-0.4, -0.2) is 19.4 Å². The molecule has 0 atom stereocenters. The lowest BCUT2D eigenvalue weighted by atomic mass is 9.92. The number of pyridine rings is 3. The molecule has 0 aliphatic rings. The van der Waals surface area contributed by atoms with E-state index in [0.717, 1.165) is 77.3 Å². The van der Waals surface area contributed by atoms with Gasteiger partial charge in [0.25, 0.3) is 0 Å². The van der Waals surface area contributed by atoms with Gasteiger partial charge in [-0.1, -0.05) is 127 Å². The molecule has 0 fully saturated rings. The first kappa shape index (κ1) is 25.9. The average molecular weight is 599 g/mol. The van der Waals surface area contributed by atoms with E-state index in [1.54, 1.807) is 0 Å². The topological polar surface area (TPSA) is 43.1 Å². The van der Waals surface area contributed by atoms with E-state index in [1.807, 2.05) is 30.3 Å². The van der Waals surface area contributed by atoms with Crippen LogP contribution in [0.25, 0.3) is 93.7 Å². The normalized spacial score (nSPS) is 11.8. The molecular weight excluding hydrogens is 573 g/mol. The number of hydrogen-bond acceptors (Lipinski definition) is 3. The molecule has 0 saturated carbocycles. The average Bonchev–Trinajstić information content (AvgIpc) is 3.53. The Morgan fingerprint density at radius 1 is 0.404 bits per heavy atom. The third kappa shape index (κ3) is 3.98. The van der Waals surface area contributed by atoms with Crippen molar-refractivity contribution in [3.05, 3.63) is 158 Å². The molecule has 0 saturated heterocycles. The van der Waals surface area contributed by atoms with Gasteiger partial charge in [0.1, 0.15) is 11.3 Å². The zero-order valence-electron chi connectivity index (χ0n) is 25.3. The number of rotatable bonds is 3. The molecule has 4 heterocycles. The highest BCUT2D eigenvalue weighted by molar-refractivity contribution is 6.21. The van der Waals surface area contributed by atoms with Crippen LogP contribution in [0.5, 0.6) is 0 Å². The maximum absolute atomic E-state index is 5.36. The second kappa shape index (κ2) is 10.1. The van der Waals surface area contributed by atoms with E-state index in [9.17, 15) is 0 Å². The summed E-state index contributed by atoms with van der Waals surface area (Å²) in [5.41, 5.74) is 10.1. The van der Waals surface area contributed by atoms with Gasteiger partial charge >= 0.3 is 0 Å². The molecule has 10 aromatic rings. The molecule has 0 radical (unpaired) electrons. The minimum Gasteiger partial charge on any atom is -0.299 e. The Balaban J connectivity index is 1.21. The van der Waals surface area contributed by atoms with Gasteiger partial charge < -0.3 is 0 Å². The van der Waals surface area contributed by atoms with Gasteiger partial charge in [0, 0.05) is 44.3 Å². The molecule has 0 N–H and O–H groups in total. The number of aromatic nitrogens is 4. The Kier molecular flexibility index (Phi) is 5.54. The number of fused-ring (bicyclic) bond motifs is 8. The lowest BCUT2D eigenvalue weighted by Crippen LogP contribution is -1.93. The summed E-state index contributed by atoms with van der Waals surface area (Å²) in [4.78, 5) is 15.5. The fourth-order valence-electron chi connectivity index (χ4n) is 7.17. The number of imidazole rings is 1. The molecule has 10 rings (SSSR count). The van der Waals surface area contributed by atoms with Crippen molar-refractivity contribution >= 4 is 59.9 Å². The predicted molar refractivity (Wildman–Crippen MR) is 195 cm³/mol. The van der Waals surface area contributed by atoms with Crippen LogP contribution in [0.15, 0.2) is 158 Å². The molecule has 0 bridgehead atoms. The van der Waals surface area contributed by atoms with Crippen molar-refractivity contribution in [2.24, 2.45) is 0 Å². The fraction of sp³-hybridized carbons (Fsp3) is 0. The Labute approximate surface area is 270 Å². The van der Waals surface area contributed by atoms with Gasteiger partial charge in [-0.25, -0.2) is 15.0 Å². The molecule has 218 valence electrons. The number of benzene rings is 6. The number of para-hydroxylation sites is 1. The molecule has 0 aliphatic heterocycles. The van der Waals surface area contributed by atoms with Gasteiger partial charge in [0.2, 0.25) is 0 Å². The molecule has 0 amide bonds. The van der Waals surface area contributed by atoms with Crippen molar-refractivity contribution in [3.63, 3.8) is 0 Å². The van der Waals surface area contributed by atoms with Gasteiger partial charge in [0.05, 0.1) is 27.9 Å². The van der Waals surface area contributed by atoms with Crippen molar-refractivity contribution in [2.45, 2.75) is 0 Å². The lowest BCUT2D eigenvalue weighted by Gasteiger charge is -2.15. The van der Waals surface area contributed by atoms with Crippen LogP contribution < -0.4 is 0 Å². The molecule has 0 spiro atoms. The summed E-state index contributed by atoms with van der Waals surface area (Å²) in [7, 11) is 0. The lowest BCUT2D eigenvalue weighted by molar-refractivity contribution is 1.19.